The van der Waals surface area contributed by atoms with Crippen LogP contribution in [0.3, 0.4) is 0 Å². The summed E-state index contributed by atoms with van der Waals surface area (Å²) in [5.74, 6) is -1.04. The number of hydrogen-bond acceptors (Lipinski definition) is 2. The zero-order chi connectivity index (χ0) is 19.9. The predicted molar refractivity (Wildman–Crippen MR) is 104 cm³/mol. The number of nitrogens with zero attached hydrogens (tertiary/aromatic N) is 2. The van der Waals surface area contributed by atoms with Crippen LogP contribution >= 0.6 is 0 Å². The fraction of sp³-hybridized carbons (Fsp3) is 0.200. The number of rotatable bonds is 4. The van der Waals surface area contributed by atoms with E-state index in [1.54, 1.807) is 32.0 Å². The lowest BCUT2D eigenvalue weighted by molar-refractivity contribution is 0.0697. The number of carboxylic acid groups (broad SMARTS) is 1. The average molecular weight is 368 g/mol. The number of benzene rings is 1. The highest BCUT2D eigenvalue weighted by Crippen LogP contribution is 2.37. The Kier molecular flexibility index (Phi) is 4.87. The van der Waals surface area contributed by atoms with Crippen molar-refractivity contribution in [1.82, 2.24) is 4.48 Å². The Hall–Kier alpha value is -2.96. The molecule has 0 unspecified atom stereocenters. The van der Waals surface area contributed by atoms with Crippen LogP contribution in [0.15, 0.2) is 52.7 Å². The molecule has 138 valence electrons. The van der Waals surface area contributed by atoms with Gasteiger partial charge in [-0.2, -0.15) is 0 Å². The summed E-state index contributed by atoms with van der Waals surface area (Å²) in [6, 6.07) is 7.94. The molecule has 0 amide bonds. The second-order valence-corrected chi connectivity index (χ2v) is 6.65. The first-order chi connectivity index (χ1) is 12.7. The molecular weight excluding hydrogens is 349 g/mol. The first-order valence-electron chi connectivity index (χ1n) is 8.49. The molecule has 0 bridgehead atoms. The van der Waals surface area contributed by atoms with Crippen molar-refractivity contribution in [3.05, 3.63) is 75.8 Å². The van der Waals surface area contributed by atoms with Crippen LogP contribution in [0, 0.1) is 13.8 Å². The number of allylic oxidation sites excluding steroid dienone is 2. The lowest BCUT2D eigenvalue weighted by atomic mass is 9.94. The van der Waals surface area contributed by atoms with Crippen molar-refractivity contribution in [1.29, 1.82) is 0 Å². The first kappa shape index (κ1) is 18.8. The quantitative estimate of drug-likeness (QED) is 0.792. The second kappa shape index (κ2) is 6.98. The molecular formula is C20H19BF2N2O2. The summed E-state index contributed by atoms with van der Waals surface area (Å²) in [6.45, 7) is 7.17. The summed E-state index contributed by atoms with van der Waals surface area (Å²) in [7, 11) is -2.70. The van der Waals surface area contributed by atoms with E-state index in [4.69, 9.17) is 5.11 Å². The zero-order valence-corrected chi connectivity index (χ0v) is 15.5. The topological polar surface area (TPSA) is 54.6 Å². The predicted octanol–water partition coefficient (Wildman–Crippen LogP) is 4.76. The smallest absolute Gasteiger partial charge is 0.478 e. The number of carboxylic acids is 1. The van der Waals surface area contributed by atoms with Crippen LogP contribution in [-0.2, 0) is 0 Å². The number of aromatic carboxylic acids is 1. The minimum atomic E-state index is -2.70. The van der Waals surface area contributed by atoms with Crippen LogP contribution in [-0.4, -0.2) is 28.7 Å². The summed E-state index contributed by atoms with van der Waals surface area (Å²) in [6.07, 6.45) is 1.90. The van der Waals surface area contributed by atoms with Gasteiger partial charge in [0.2, 0.25) is 0 Å². The fourth-order valence-electron chi connectivity index (χ4n) is 3.48. The standard InChI is InChI=1S/C20H19BF2N2O2/c1-11-9-13(3)24-18(11)17(15-5-7-16(8-6-15)20(26)27)19-12(2)10-14(4)25(19)21(22)23/h5-10H,1-4H3,(H,26,27)/b18-17-. The van der Waals surface area contributed by atoms with Crippen LogP contribution < -0.4 is 0 Å². The Labute approximate surface area is 156 Å². The van der Waals surface area contributed by atoms with Gasteiger partial charge in [-0.15, -0.1) is 0 Å². The molecule has 0 saturated heterocycles. The van der Waals surface area contributed by atoms with Crippen molar-refractivity contribution < 1.29 is 18.5 Å². The summed E-state index contributed by atoms with van der Waals surface area (Å²) < 4.78 is 28.6. The van der Waals surface area contributed by atoms with E-state index in [-0.39, 0.29) is 5.56 Å². The van der Waals surface area contributed by atoms with E-state index < -0.39 is 13.4 Å². The Morgan fingerprint density at radius 1 is 1.07 bits per heavy atom. The summed E-state index contributed by atoms with van der Waals surface area (Å²) in [5, 5.41) is 9.14. The molecule has 27 heavy (non-hydrogen) atoms. The molecule has 2 aromatic rings. The summed E-state index contributed by atoms with van der Waals surface area (Å²) in [5.41, 5.74) is 5.22. The average Bonchev–Trinajstić information content (AvgIpc) is 3.07. The highest BCUT2D eigenvalue weighted by Gasteiger charge is 2.29. The van der Waals surface area contributed by atoms with E-state index in [0.29, 0.717) is 33.8 Å². The normalized spacial score (nSPS) is 15.5. The Morgan fingerprint density at radius 2 is 1.67 bits per heavy atom. The molecule has 2 heterocycles. The molecule has 0 aliphatic carbocycles. The van der Waals surface area contributed by atoms with Gasteiger partial charge in [-0.3, -0.25) is 13.6 Å². The van der Waals surface area contributed by atoms with Gasteiger partial charge in [-0.25, -0.2) is 4.79 Å². The molecule has 1 N–H and O–H groups in total. The number of aromatic nitrogens is 1. The van der Waals surface area contributed by atoms with E-state index in [1.807, 2.05) is 19.9 Å². The lowest BCUT2D eigenvalue weighted by Gasteiger charge is -2.17. The minimum absolute atomic E-state index is 0.138. The molecule has 1 aliphatic rings. The van der Waals surface area contributed by atoms with Crippen LogP contribution in [0.25, 0.3) is 5.57 Å². The van der Waals surface area contributed by atoms with Crippen molar-refractivity contribution in [2.45, 2.75) is 27.7 Å². The minimum Gasteiger partial charge on any atom is -0.478 e. The van der Waals surface area contributed by atoms with E-state index in [1.165, 1.54) is 12.1 Å². The van der Waals surface area contributed by atoms with E-state index in [0.717, 1.165) is 15.8 Å². The maximum Gasteiger partial charge on any atom is 0.677 e. The first-order valence-corrected chi connectivity index (χ1v) is 8.49. The maximum atomic E-state index is 13.8. The monoisotopic (exact) mass is 368 g/mol. The van der Waals surface area contributed by atoms with Crippen LogP contribution in [0.1, 0.15) is 46.7 Å². The Morgan fingerprint density at radius 3 is 2.15 bits per heavy atom. The molecule has 1 aliphatic heterocycles. The molecule has 1 aromatic heterocycles. The number of hydrogen-bond donors (Lipinski definition) is 1. The van der Waals surface area contributed by atoms with Gasteiger partial charge in [0.25, 0.3) is 0 Å². The van der Waals surface area contributed by atoms with Gasteiger partial charge in [0.05, 0.1) is 11.3 Å². The zero-order valence-electron chi connectivity index (χ0n) is 15.5. The molecule has 4 nitrogen and oxygen atoms in total. The second-order valence-electron chi connectivity index (χ2n) is 6.65. The van der Waals surface area contributed by atoms with Gasteiger partial charge in [-0.1, -0.05) is 12.1 Å². The van der Waals surface area contributed by atoms with Crippen LogP contribution in [0.2, 0.25) is 0 Å². The van der Waals surface area contributed by atoms with Crippen LogP contribution in [0.4, 0.5) is 8.63 Å². The maximum absolute atomic E-state index is 13.8. The van der Waals surface area contributed by atoms with E-state index in [9.17, 15) is 13.4 Å². The van der Waals surface area contributed by atoms with Gasteiger partial charge in [0.1, 0.15) is 0 Å². The number of carbonyl (C=O) groups is 1. The molecule has 1 aromatic carbocycles. The van der Waals surface area contributed by atoms with Crippen molar-refractivity contribution in [2.75, 3.05) is 0 Å². The highest BCUT2D eigenvalue weighted by molar-refractivity contribution is 6.41. The Balaban J connectivity index is 2.34. The lowest BCUT2D eigenvalue weighted by Crippen LogP contribution is -2.18. The van der Waals surface area contributed by atoms with Crippen molar-refractivity contribution in [2.24, 2.45) is 4.99 Å². The number of halogens is 2. The van der Waals surface area contributed by atoms with Gasteiger partial charge in [0, 0.05) is 22.7 Å². The molecule has 0 spiro atoms. The molecule has 3 rings (SSSR count). The third-order valence-corrected chi connectivity index (χ3v) is 4.60. The van der Waals surface area contributed by atoms with Crippen LogP contribution in [0.5, 0.6) is 0 Å². The Bertz CT molecular complexity index is 1020. The third-order valence-electron chi connectivity index (χ3n) is 4.60. The number of aliphatic imine (C=N–C) groups is 1. The van der Waals surface area contributed by atoms with Crippen molar-refractivity contribution >= 4 is 24.7 Å². The van der Waals surface area contributed by atoms with Crippen molar-refractivity contribution in [3.8, 4) is 0 Å². The SMILES string of the molecule is CC1=CC(C)=N/C1=C(/c1ccc(C(=O)O)cc1)c1c(C)cc(C)n1B(F)F. The molecule has 0 saturated carbocycles. The molecule has 7 heteroatoms. The van der Waals surface area contributed by atoms with E-state index >= 15 is 0 Å². The van der Waals surface area contributed by atoms with Gasteiger partial charge in [0.15, 0.2) is 0 Å². The van der Waals surface area contributed by atoms with Gasteiger partial charge in [-0.05, 0) is 68.7 Å². The van der Waals surface area contributed by atoms with E-state index in [2.05, 4.69) is 4.99 Å². The summed E-state index contributed by atoms with van der Waals surface area (Å²) >= 11 is 0. The molecule has 0 radical (unpaired) electrons. The third kappa shape index (κ3) is 3.37. The highest BCUT2D eigenvalue weighted by atomic mass is 19.2. The summed E-state index contributed by atoms with van der Waals surface area (Å²) in [4.78, 5) is 15.7. The van der Waals surface area contributed by atoms with Gasteiger partial charge < -0.3 is 9.58 Å². The van der Waals surface area contributed by atoms with Crippen molar-refractivity contribution in [3.63, 3.8) is 0 Å². The number of aryl methyl sites for hydroxylation is 2. The van der Waals surface area contributed by atoms with Gasteiger partial charge >= 0.3 is 13.4 Å². The molecule has 0 atom stereocenters. The largest absolute Gasteiger partial charge is 0.677 e. The fourth-order valence-corrected chi connectivity index (χ4v) is 3.48. The molecule has 0 fully saturated rings.